The number of carbonyl (C=O) groups is 1. The van der Waals surface area contributed by atoms with Crippen LogP contribution in [0.15, 0.2) is 24.3 Å². The van der Waals surface area contributed by atoms with Crippen molar-refractivity contribution < 1.29 is 14.3 Å². The van der Waals surface area contributed by atoms with Gasteiger partial charge in [-0.05, 0) is 44.0 Å². The number of nitrogens with one attached hydrogen (secondary N) is 1. The normalized spacial score (nSPS) is 20.0. The number of ether oxygens (including phenoxy) is 2. The lowest BCUT2D eigenvalue weighted by atomic mass is 10.1. The molecule has 2 rings (SSSR count). The van der Waals surface area contributed by atoms with Crippen molar-refractivity contribution in [2.24, 2.45) is 0 Å². The van der Waals surface area contributed by atoms with E-state index >= 15 is 0 Å². The summed E-state index contributed by atoms with van der Waals surface area (Å²) in [4.78, 5) is 12.0. The first kappa shape index (κ1) is 14.2. The Morgan fingerprint density at radius 2 is 2.26 bits per heavy atom. The van der Waals surface area contributed by atoms with E-state index in [2.05, 4.69) is 5.32 Å². The molecule has 0 spiro atoms. The zero-order valence-corrected chi connectivity index (χ0v) is 11.7. The second kappa shape index (κ2) is 6.78. The molecule has 1 fully saturated rings. The monoisotopic (exact) mass is 283 g/mol. The molecule has 2 atom stereocenters. The van der Waals surface area contributed by atoms with Gasteiger partial charge in [-0.1, -0.05) is 11.6 Å². The lowest BCUT2D eigenvalue weighted by molar-refractivity contribution is -0.146. The maximum absolute atomic E-state index is 12.0. The molecular weight excluding hydrogens is 266 g/mol. The predicted octanol–water partition coefficient (Wildman–Crippen LogP) is 2.86. The second-order valence-electron chi connectivity index (χ2n) is 4.43. The molecule has 104 valence electrons. The summed E-state index contributed by atoms with van der Waals surface area (Å²) in [6, 6.07) is 6.76. The minimum atomic E-state index is -0.469. The highest BCUT2D eigenvalue weighted by Crippen LogP contribution is 2.21. The standard InChI is InChI=1S/C14H18ClNO3/c1-2-18-14(17)13(12-4-3-9-19-12)16-11-7-5-10(15)6-8-11/h5-8,12-13,16H,2-4,9H2,1H3/t12?,13-/m0/s1. The summed E-state index contributed by atoms with van der Waals surface area (Å²) in [5, 5.41) is 3.84. The van der Waals surface area contributed by atoms with Crippen LogP contribution in [0.2, 0.25) is 5.02 Å². The largest absolute Gasteiger partial charge is 0.464 e. The van der Waals surface area contributed by atoms with E-state index in [9.17, 15) is 4.79 Å². The molecule has 1 aromatic rings. The van der Waals surface area contributed by atoms with Gasteiger partial charge in [0.05, 0.1) is 12.7 Å². The van der Waals surface area contributed by atoms with E-state index in [1.807, 2.05) is 12.1 Å². The van der Waals surface area contributed by atoms with Crippen LogP contribution >= 0.6 is 11.6 Å². The van der Waals surface area contributed by atoms with Gasteiger partial charge < -0.3 is 14.8 Å². The highest BCUT2D eigenvalue weighted by atomic mass is 35.5. The van der Waals surface area contributed by atoms with Gasteiger partial charge in [0.1, 0.15) is 0 Å². The molecule has 4 nitrogen and oxygen atoms in total. The van der Waals surface area contributed by atoms with E-state index in [-0.39, 0.29) is 12.1 Å². The second-order valence-corrected chi connectivity index (χ2v) is 4.87. The summed E-state index contributed by atoms with van der Waals surface area (Å²) < 4.78 is 10.7. The zero-order chi connectivity index (χ0) is 13.7. The summed E-state index contributed by atoms with van der Waals surface area (Å²) in [6.07, 6.45) is 1.71. The van der Waals surface area contributed by atoms with Crippen molar-refractivity contribution in [1.82, 2.24) is 0 Å². The van der Waals surface area contributed by atoms with Gasteiger partial charge >= 0.3 is 5.97 Å². The van der Waals surface area contributed by atoms with Crippen molar-refractivity contribution in [1.29, 1.82) is 0 Å². The molecule has 0 radical (unpaired) electrons. The van der Waals surface area contributed by atoms with Gasteiger partial charge in [0.25, 0.3) is 0 Å². The molecule has 0 bridgehead atoms. The number of benzene rings is 1. The van der Waals surface area contributed by atoms with Crippen LogP contribution in [0, 0.1) is 0 Å². The van der Waals surface area contributed by atoms with Gasteiger partial charge in [-0.3, -0.25) is 0 Å². The Balaban J connectivity index is 2.08. The van der Waals surface area contributed by atoms with Crippen molar-refractivity contribution in [2.75, 3.05) is 18.5 Å². The average molecular weight is 284 g/mol. The van der Waals surface area contributed by atoms with E-state index in [1.165, 1.54) is 0 Å². The number of anilines is 1. The van der Waals surface area contributed by atoms with Crippen LogP contribution in [0.5, 0.6) is 0 Å². The third-order valence-corrected chi connectivity index (χ3v) is 3.30. The van der Waals surface area contributed by atoms with Crippen molar-refractivity contribution >= 4 is 23.3 Å². The molecule has 1 saturated heterocycles. The Labute approximate surface area is 118 Å². The summed E-state index contributed by atoms with van der Waals surface area (Å²) in [5.74, 6) is -0.274. The highest BCUT2D eigenvalue weighted by Gasteiger charge is 2.32. The molecule has 1 N–H and O–H groups in total. The molecule has 19 heavy (non-hydrogen) atoms. The number of halogens is 1. The number of rotatable bonds is 5. The van der Waals surface area contributed by atoms with Crippen LogP contribution < -0.4 is 5.32 Å². The molecule has 0 aromatic heterocycles. The van der Waals surface area contributed by atoms with Crippen molar-refractivity contribution in [3.8, 4) is 0 Å². The summed E-state index contributed by atoms with van der Waals surface area (Å²) >= 11 is 5.84. The molecule has 0 aliphatic carbocycles. The number of hydrogen-bond acceptors (Lipinski definition) is 4. The van der Waals surface area contributed by atoms with Gasteiger partial charge in [-0.25, -0.2) is 4.79 Å². The Morgan fingerprint density at radius 1 is 1.53 bits per heavy atom. The summed E-state index contributed by atoms with van der Waals surface area (Å²) in [5.41, 5.74) is 0.831. The third-order valence-electron chi connectivity index (χ3n) is 3.04. The van der Waals surface area contributed by atoms with Gasteiger partial charge in [0.2, 0.25) is 0 Å². The minimum absolute atomic E-state index is 0.130. The fourth-order valence-electron chi connectivity index (χ4n) is 2.13. The van der Waals surface area contributed by atoms with Gasteiger partial charge in [-0.2, -0.15) is 0 Å². The van der Waals surface area contributed by atoms with E-state index in [1.54, 1.807) is 19.1 Å². The molecular formula is C14H18ClNO3. The van der Waals surface area contributed by atoms with Crippen molar-refractivity contribution in [2.45, 2.75) is 31.9 Å². The predicted molar refractivity (Wildman–Crippen MR) is 74.5 cm³/mol. The van der Waals surface area contributed by atoms with Crippen LogP contribution in [0.4, 0.5) is 5.69 Å². The first-order valence-electron chi connectivity index (χ1n) is 6.51. The van der Waals surface area contributed by atoms with Crippen LogP contribution in [-0.4, -0.2) is 31.3 Å². The van der Waals surface area contributed by atoms with Crippen LogP contribution in [0.1, 0.15) is 19.8 Å². The van der Waals surface area contributed by atoms with E-state index in [0.717, 1.165) is 18.5 Å². The lowest BCUT2D eigenvalue weighted by Crippen LogP contribution is -2.41. The fourth-order valence-corrected chi connectivity index (χ4v) is 2.25. The molecule has 0 saturated carbocycles. The van der Waals surface area contributed by atoms with Crippen molar-refractivity contribution in [3.05, 3.63) is 29.3 Å². The number of esters is 1. The fraction of sp³-hybridized carbons (Fsp3) is 0.500. The molecule has 1 unspecified atom stereocenters. The van der Waals surface area contributed by atoms with E-state index in [4.69, 9.17) is 21.1 Å². The highest BCUT2D eigenvalue weighted by molar-refractivity contribution is 6.30. The molecule has 1 heterocycles. The van der Waals surface area contributed by atoms with Crippen LogP contribution in [-0.2, 0) is 14.3 Å². The molecule has 0 amide bonds. The summed E-state index contributed by atoms with van der Waals surface area (Å²) in [6.45, 7) is 2.86. The molecule has 1 aromatic carbocycles. The first-order chi connectivity index (χ1) is 9.20. The summed E-state index contributed by atoms with van der Waals surface area (Å²) in [7, 11) is 0. The Bertz CT molecular complexity index is 415. The zero-order valence-electron chi connectivity index (χ0n) is 10.9. The van der Waals surface area contributed by atoms with E-state index in [0.29, 0.717) is 18.2 Å². The Kier molecular flexibility index (Phi) is 5.05. The van der Waals surface area contributed by atoms with Gasteiger partial charge in [0.15, 0.2) is 6.04 Å². The minimum Gasteiger partial charge on any atom is -0.464 e. The van der Waals surface area contributed by atoms with Gasteiger partial charge in [0, 0.05) is 17.3 Å². The average Bonchev–Trinajstić information content (AvgIpc) is 2.92. The molecule has 1 aliphatic rings. The van der Waals surface area contributed by atoms with Crippen molar-refractivity contribution in [3.63, 3.8) is 0 Å². The lowest BCUT2D eigenvalue weighted by Gasteiger charge is -2.23. The van der Waals surface area contributed by atoms with Gasteiger partial charge in [-0.15, -0.1) is 0 Å². The SMILES string of the molecule is CCOC(=O)[C@@H](Nc1ccc(Cl)cc1)C1CCCO1. The molecule has 5 heteroatoms. The number of hydrogen-bond donors (Lipinski definition) is 1. The van der Waals surface area contributed by atoms with E-state index < -0.39 is 6.04 Å². The van der Waals surface area contributed by atoms with Crippen LogP contribution in [0.25, 0.3) is 0 Å². The Morgan fingerprint density at radius 3 is 2.84 bits per heavy atom. The first-order valence-corrected chi connectivity index (χ1v) is 6.89. The maximum atomic E-state index is 12.0. The third kappa shape index (κ3) is 3.85. The molecule has 1 aliphatic heterocycles. The maximum Gasteiger partial charge on any atom is 0.331 e. The van der Waals surface area contributed by atoms with Crippen LogP contribution in [0.3, 0.4) is 0 Å². The topological polar surface area (TPSA) is 47.6 Å². The number of carbonyl (C=O) groups excluding carboxylic acids is 1. The smallest absolute Gasteiger partial charge is 0.331 e. The Hall–Kier alpha value is -1.26. The quantitative estimate of drug-likeness (QED) is 0.844.